The Labute approximate surface area is 69.4 Å². The number of aliphatic hydroxyl groups excluding tert-OH is 1. The van der Waals surface area contributed by atoms with Crippen molar-refractivity contribution in [3.05, 3.63) is 23.8 Å². The Balaban J connectivity index is 3.61. The zero-order valence-corrected chi connectivity index (χ0v) is 7.67. The number of hydrogen-bond acceptors (Lipinski definition) is 1. The highest BCUT2D eigenvalue weighted by Gasteiger charge is 1.85. The van der Waals surface area contributed by atoms with Gasteiger partial charge in [-0.1, -0.05) is 37.6 Å². The van der Waals surface area contributed by atoms with E-state index in [2.05, 4.69) is 26.0 Å². The highest BCUT2D eigenvalue weighted by atomic mass is 16.2. The fourth-order valence-corrected chi connectivity index (χ4v) is 0.765. The first kappa shape index (κ1) is 10.4. The minimum Gasteiger partial charge on any atom is -0.392 e. The van der Waals surface area contributed by atoms with Gasteiger partial charge >= 0.3 is 0 Å². The average molecular weight is 154 g/mol. The third kappa shape index (κ3) is 7.34. The van der Waals surface area contributed by atoms with Gasteiger partial charge in [0, 0.05) is 0 Å². The van der Waals surface area contributed by atoms with E-state index in [-0.39, 0.29) is 6.61 Å². The average Bonchev–Trinajstić information content (AvgIpc) is 1.87. The van der Waals surface area contributed by atoms with Gasteiger partial charge in [-0.25, -0.2) is 0 Å². The van der Waals surface area contributed by atoms with Gasteiger partial charge in [-0.15, -0.1) is 0 Å². The molecule has 0 atom stereocenters. The summed E-state index contributed by atoms with van der Waals surface area (Å²) in [7, 11) is 0. The van der Waals surface area contributed by atoms with E-state index < -0.39 is 0 Å². The van der Waals surface area contributed by atoms with E-state index in [0.717, 1.165) is 6.42 Å². The van der Waals surface area contributed by atoms with Gasteiger partial charge in [-0.3, -0.25) is 0 Å². The van der Waals surface area contributed by atoms with Gasteiger partial charge in [0.05, 0.1) is 6.61 Å². The number of hydrogen-bond donors (Lipinski definition) is 1. The third-order valence-corrected chi connectivity index (χ3v) is 1.40. The Morgan fingerprint density at radius 2 is 2.09 bits per heavy atom. The second kappa shape index (κ2) is 6.17. The summed E-state index contributed by atoms with van der Waals surface area (Å²) in [5.74, 6) is 0.622. The lowest BCUT2D eigenvalue weighted by Crippen LogP contribution is -1.80. The van der Waals surface area contributed by atoms with Crippen molar-refractivity contribution < 1.29 is 5.11 Å². The molecule has 11 heavy (non-hydrogen) atoms. The molecule has 0 spiro atoms. The van der Waals surface area contributed by atoms with Crippen LogP contribution in [0.2, 0.25) is 0 Å². The fourth-order valence-electron chi connectivity index (χ4n) is 0.765. The molecule has 0 saturated carbocycles. The van der Waals surface area contributed by atoms with E-state index in [9.17, 15) is 0 Å². The maximum atomic E-state index is 8.54. The van der Waals surface area contributed by atoms with E-state index in [1.807, 2.05) is 13.0 Å². The molecule has 0 aliphatic carbocycles. The molecule has 0 aromatic carbocycles. The van der Waals surface area contributed by atoms with Crippen LogP contribution in [0.3, 0.4) is 0 Å². The standard InChI is InChI=1S/C10H18O/c1-9(2)5-4-6-10(3)7-8-11/h4-5,7,9,11H,6,8H2,1-3H3. The number of aliphatic hydroxyl groups is 1. The van der Waals surface area contributed by atoms with E-state index in [4.69, 9.17) is 5.11 Å². The lowest BCUT2D eigenvalue weighted by Gasteiger charge is -1.95. The molecule has 0 amide bonds. The van der Waals surface area contributed by atoms with E-state index in [0.29, 0.717) is 5.92 Å². The van der Waals surface area contributed by atoms with E-state index in [1.54, 1.807) is 0 Å². The topological polar surface area (TPSA) is 20.2 Å². The molecular formula is C10H18O. The molecule has 0 aliphatic heterocycles. The third-order valence-electron chi connectivity index (χ3n) is 1.40. The molecule has 0 rings (SSSR count). The van der Waals surface area contributed by atoms with Crippen LogP contribution in [0.4, 0.5) is 0 Å². The van der Waals surface area contributed by atoms with Crippen molar-refractivity contribution >= 4 is 0 Å². The molecule has 0 bridgehead atoms. The summed E-state index contributed by atoms with van der Waals surface area (Å²) in [4.78, 5) is 0. The summed E-state index contributed by atoms with van der Waals surface area (Å²) >= 11 is 0. The lowest BCUT2D eigenvalue weighted by atomic mass is 10.1. The van der Waals surface area contributed by atoms with E-state index >= 15 is 0 Å². The molecule has 0 aliphatic rings. The van der Waals surface area contributed by atoms with Crippen molar-refractivity contribution in [2.24, 2.45) is 5.92 Å². The minimum absolute atomic E-state index is 0.154. The summed E-state index contributed by atoms with van der Waals surface area (Å²) in [6.07, 6.45) is 7.12. The predicted molar refractivity (Wildman–Crippen MR) is 49.4 cm³/mol. The first-order valence-electron chi connectivity index (χ1n) is 4.10. The molecule has 0 aromatic heterocycles. The predicted octanol–water partition coefficient (Wildman–Crippen LogP) is 2.53. The number of allylic oxidation sites excluding steroid dienone is 3. The summed E-state index contributed by atoms with van der Waals surface area (Å²) in [5, 5.41) is 8.54. The summed E-state index contributed by atoms with van der Waals surface area (Å²) in [6, 6.07) is 0. The highest BCUT2D eigenvalue weighted by Crippen LogP contribution is 2.02. The molecule has 64 valence electrons. The Kier molecular flexibility index (Phi) is 5.86. The van der Waals surface area contributed by atoms with Crippen molar-refractivity contribution in [3.8, 4) is 0 Å². The maximum Gasteiger partial charge on any atom is 0.0615 e. The Bertz CT molecular complexity index is 143. The largest absolute Gasteiger partial charge is 0.392 e. The quantitative estimate of drug-likeness (QED) is 0.617. The van der Waals surface area contributed by atoms with Crippen LogP contribution in [0.1, 0.15) is 27.2 Å². The van der Waals surface area contributed by atoms with Crippen molar-refractivity contribution in [2.45, 2.75) is 27.2 Å². The Morgan fingerprint density at radius 1 is 1.45 bits per heavy atom. The Morgan fingerprint density at radius 3 is 2.55 bits per heavy atom. The van der Waals surface area contributed by atoms with Crippen LogP contribution in [0, 0.1) is 5.92 Å². The van der Waals surface area contributed by atoms with Crippen LogP contribution >= 0.6 is 0 Å². The van der Waals surface area contributed by atoms with Gasteiger partial charge in [0.2, 0.25) is 0 Å². The molecule has 1 heteroatoms. The summed E-state index contributed by atoms with van der Waals surface area (Å²) < 4.78 is 0. The van der Waals surface area contributed by atoms with Crippen LogP contribution in [-0.4, -0.2) is 11.7 Å². The lowest BCUT2D eigenvalue weighted by molar-refractivity contribution is 0.341. The first-order chi connectivity index (χ1) is 5.16. The minimum atomic E-state index is 0.154. The second-order valence-corrected chi connectivity index (χ2v) is 3.11. The molecule has 0 unspecified atom stereocenters. The highest BCUT2D eigenvalue weighted by molar-refractivity contribution is 5.04. The van der Waals surface area contributed by atoms with Crippen molar-refractivity contribution in [1.29, 1.82) is 0 Å². The van der Waals surface area contributed by atoms with Gasteiger partial charge in [0.25, 0.3) is 0 Å². The SMILES string of the molecule is CC(=CCO)CC=CC(C)C. The monoisotopic (exact) mass is 154 g/mol. The molecule has 1 N–H and O–H groups in total. The van der Waals surface area contributed by atoms with Gasteiger partial charge in [-0.2, -0.15) is 0 Å². The molecule has 0 saturated heterocycles. The van der Waals surface area contributed by atoms with Crippen LogP contribution in [0.5, 0.6) is 0 Å². The molecule has 0 radical (unpaired) electrons. The zero-order valence-electron chi connectivity index (χ0n) is 7.67. The second-order valence-electron chi connectivity index (χ2n) is 3.11. The van der Waals surface area contributed by atoms with Gasteiger partial charge < -0.3 is 5.11 Å². The summed E-state index contributed by atoms with van der Waals surface area (Å²) in [6.45, 7) is 6.49. The molecule has 0 fully saturated rings. The van der Waals surface area contributed by atoms with Crippen LogP contribution < -0.4 is 0 Å². The van der Waals surface area contributed by atoms with Crippen LogP contribution in [-0.2, 0) is 0 Å². The zero-order chi connectivity index (χ0) is 8.69. The van der Waals surface area contributed by atoms with Gasteiger partial charge in [0.15, 0.2) is 0 Å². The van der Waals surface area contributed by atoms with Crippen LogP contribution in [0.15, 0.2) is 23.8 Å². The van der Waals surface area contributed by atoms with Crippen molar-refractivity contribution in [3.63, 3.8) is 0 Å². The van der Waals surface area contributed by atoms with Crippen molar-refractivity contribution in [2.75, 3.05) is 6.61 Å². The maximum absolute atomic E-state index is 8.54. The molecule has 0 aromatic rings. The molecule has 0 heterocycles. The van der Waals surface area contributed by atoms with Crippen LogP contribution in [0.25, 0.3) is 0 Å². The molecular weight excluding hydrogens is 136 g/mol. The normalized spacial score (nSPS) is 13.4. The van der Waals surface area contributed by atoms with Crippen molar-refractivity contribution in [1.82, 2.24) is 0 Å². The fraction of sp³-hybridized carbons (Fsp3) is 0.600. The molecule has 1 nitrogen and oxygen atoms in total. The Hall–Kier alpha value is -0.560. The van der Waals surface area contributed by atoms with E-state index in [1.165, 1.54) is 5.57 Å². The van der Waals surface area contributed by atoms with Gasteiger partial charge in [0.1, 0.15) is 0 Å². The summed E-state index contributed by atoms with van der Waals surface area (Å²) in [5.41, 5.74) is 1.23. The number of rotatable bonds is 4. The van der Waals surface area contributed by atoms with Gasteiger partial charge in [-0.05, 0) is 19.3 Å². The first-order valence-corrected chi connectivity index (χ1v) is 4.10. The smallest absolute Gasteiger partial charge is 0.0615 e.